The summed E-state index contributed by atoms with van der Waals surface area (Å²) >= 11 is 0. The Bertz CT molecular complexity index is 364. The van der Waals surface area contributed by atoms with Gasteiger partial charge in [0.2, 0.25) is 5.91 Å². The van der Waals surface area contributed by atoms with E-state index < -0.39 is 0 Å². The van der Waals surface area contributed by atoms with Crippen LogP contribution in [0.1, 0.15) is 31.7 Å². The molecule has 0 saturated carbocycles. The molecular formula is C16H26N2O. The highest BCUT2D eigenvalue weighted by molar-refractivity contribution is 5.75. The molecule has 0 aromatic heterocycles. The van der Waals surface area contributed by atoms with Gasteiger partial charge >= 0.3 is 0 Å². The average Bonchev–Trinajstić information content (AvgIpc) is 2.45. The van der Waals surface area contributed by atoms with Gasteiger partial charge in [-0.3, -0.25) is 4.79 Å². The fourth-order valence-electron chi connectivity index (χ4n) is 1.97. The van der Waals surface area contributed by atoms with Gasteiger partial charge in [-0.15, -0.1) is 0 Å². The van der Waals surface area contributed by atoms with Gasteiger partial charge in [-0.2, -0.15) is 0 Å². The molecule has 19 heavy (non-hydrogen) atoms. The Morgan fingerprint density at radius 1 is 1.32 bits per heavy atom. The van der Waals surface area contributed by atoms with E-state index in [9.17, 15) is 4.79 Å². The van der Waals surface area contributed by atoms with Gasteiger partial charge in [0.15, 0.2) is 0 Å². The van der Waals surface area contributed by atoms with Crippen LogP contribution in [0.2, 0.25) is 0 Å². The van der Waals surface area contributed by atoms with Crippen LogP contribution in [0.25, 0.3) is 0 Å². The number of carbonyl (C=O) groups excluding carboxylic acids is 1. The molecule has 2 N–H and O–H groups in total. The Kier molecular flexibility index (Phi) is 7.19. The lowest BCUT2D eigenvalue weighted by atomic mass is 10.1. The van der Waals surface area contributed by atoms with Gasteiger partial charge in [-0.05, 0) is 37.3 Å². The third-order valence-electron chi connectivity index (χ3n) is 3.48. The van der Waals surface area contributed by atoms with E-state index >= 15 is 0 Å². The van der Waals surface area contributed by atoms with E-state index in [0.29, 0.717) is 18.9 Å². The minimum Gasteiger partial charge on any atom is -0.346 e. The minimum absolute atomic E-state index is 0.230. The molecule has 0 bridgehead atoms. The van der Waals surface area contributed by atoms with E-state index in [4.69, 9.17) is 5.73 Å². The molecule has 1 atom stereocenters. The Hall–Kier alpha value is -1.35. The number of hydrogen-bond donors (Lipinski definition) is 1. The first-order valence-electron chi connectivity index (χ1n) is 7.11. The molecule has 0 aliphatic rings. The van der Waals surface area contributed by atoms with Gasteiger partial charge in [0.05, 0.1) is 0 Å². The summed E-state index contributed by atoms with van der Waals surface area (Å²) < 4.78 is 0. The van der Waals surface area contributed by atoms with Crippen LogP contribution in [0.4, 0.5) is 0 Å². The van der Waals surface area contributed by atoms with E-state index in [1.807, 2.05) is 18.0 Å². The molecule has 0 fully saturated rings. The second-order valence-corrected chi connectivity index (χ2v) is 5.28. The van der Waals surface area contributed by atoms with Crippen molar-refractivity contribution in [2.24, 2.45) is 11.7 Å². The predicted octanol–water partition coefficient (Wildman–Crippen LogP) is 2.45. The largest absolute Gasteiger partial charge is 0.346 e. The van der Waals surface area contributed by atoms with E-state index in [2.05, 4.69) is 31.2 Å². The molecule has 0 aliphatic heterocycles. The Morgan fingerprint density at radius 2 is 2.00 bits per heavy atom. The summed E-state index contributed by atoms with van der Waals surface area (Å²) in [6, 6.07) is 10.4. The maximum atomic E-state index is 11.9. The second-order valence-electron chi connectivity index (χ2n) is 5.28. The fourth-order valence-corrected chi connectivity index (χ4v) is 1.97. The molecule has 1 aromatic rings. The number of hydrogen-bond acceptors (Lipinski definition) is 2. The first-order valence-corrected chi connectivity index (χ1v) is 7.11. The lowest BCUT2D eigenvalue weighted by molar-refractivity contribution is -0.130. The van der Waals surface area contributed by atoms with E-state index in [1.165, 1.54) is 5.56 Å². The van der Waals surface area contributed by atoms with Crippen molar-refractivity contribution in [3.05, 3.63) is 35.9 Å². The number of rotatable bonds is 8. The van der Waals surface area contributed by atoms with Gasteiger partial charge < -0.3 is 10.6 Å². The predicted molar refractivity (Wildman–Crippen MR) is 79.9 cm³/mol. The zero-order chi connectivity index (χ0) is 14.1. The molecule has 106 valence electrons. The Labute approximate surface area is 116 Å². The van der Waals surface area contributed by atoms with Crippen LogP contribution in [-0.2, 0) is 11.2 Å². The van der Waals surface area contributed by atoms with Crippen molar-refractivity contribution in [1.29, 1.82) is 0 Å². The molecule has 1 aromatic carbocycles. The zero-order valence-corrected chi connectivity index (χ0v) is 12.1. The third-order valence-corrected chi connectivity index (χ3v) is 3.48. The van der Waals surface area contributed by atoms with Gasteiger partial charge in [0.1, 0.15) is 0 Å². The summed E-state index contributed by atoms with van der Waals surface area (Å²) in [6.07, 6.45) is 3.54. The third kappa shape index (κ3) is 6.39. The first-order chi connectivity index (χ1) is 9.13. The van der Waals surface area contributed by atoms with Crippen LogP contribution in [0, 0.1) is 5.92 Å². The fraction of sp³-hybridized carbons (Fsp3) is 0.562. The number of carbonyl (C=O) groups is 1. The maximum Gasteiger partial charge on any atom is 0.222 e. The van der Waals surface area contributed by atoms with Crippen LogP contribution < -0.4 is 5.73 Å². The molecule has 1 amide bonds. The first kappa shape index (κ1) is 15.7. The number of amides is 1. The summed E-state index contributed by atoms with van der Waals surface area (Å²) in [5, 5.41) is 0. The van der Waals surface area contributed by atoms with Gasteiger partial charge in [-0.25, -0.2) is 0 Å². The molecule has 0 spiro atoms. The quantitative estimate of drug-likeness (QED) is 0.782. The zero-order valence-electron chi connectivity index (χ0n) is 12.1. The summed E-state index contributed by atoms with van der Waals surface area (Å²) in [7, 11) is 1.89. The van der Waals surface area contributed by atoms with Crippen molar-refractivity contribution >= 4 is 5.91 Å². The van der Waals surface area contributed by atoms with Crippen LogP contribution in [0.5, 0.6) is 0 Å². The van der Waals surface area contributed by atoms with Crippen molar-refractivity contribution < 1.29 is 4.79 Å². The second kappa shape index (κ2) is 8.70. The maximum absolute atomic E-state index is 11.9. The number of benzene rings is 1. The Morgan fingerprint density at radius 3 is 2.63 bits per heavy atom. The average molecular weight is 262 g/mol. The Balaban J connectivity index is 2.19. The van der Waals surface area contributed by atoms with Crippen LogP contribution in [0.15, 0.2) is 30.3 Å². The minimum atomic E-state index is 0.230. The van der Waals surface area contributed by atoms with Crippen molar-refractivity contribution in [1.82, 2.24) is 4.90 Å². The smallest absolute Gasteiger partial charge is 0.222 e. The van der Waals surface area contributed by atoms with Crippen molar-refractivity contribution in [3.8, 4) is 0 Å². The normalized spacial score (nSPS) is 12.2. The molecule has 3 nitrogen and oxygen atoms in total. The lowest BCUT2D eigenvalue weighted by Crippen LogP contribution is -2.28. The molecule has 3 heteroatoms. The van der Waals surface area contributed by atoms with E-state index in [-0.39, 0.29) is 5.91 Å². The topological polar surface area (TPSA) is 46.3 Å². The van der Waals surface area contributed by atoms with Crippen LogP contribution in [-0.4, -0.2) is 30.9 Å². The number of nitrogens with zero attached hydrogens (tertiary/aromatic N) is 1. The highest BCUT2D eigenvalue weighted by Gasteiger charge is 2.10. The summed E-state index contributed by atoms with van der Waals surface area (Å²) in [5.74, 6) is 0.662. The highest BCUT2D eigenvalue weighted by atomic mass is 16.2. The molecule has 0 aliphatic carbocycles. The van der Waals surface area contributed by atoms with Crippen molar-refractivity contribution in [2.75, 3.05) is 20.1 Å². The van der Waals surface area contributed by atoms with Crippen LogP contribution >= 0.6 is 0 Å². The molecule has 1 unspecified atom stereocenters. The number of nitrogens with two attached hydrogens (primary N) is 1. The standard InChI is InChI=1S/C16H26N2O/c1-14(13-17)10-11-16(19)18(2)12-6-9-15-7-4-3-5-8-15/h3-5,7-8,14H,6,9-13,17H2,1-2H3. The SMILES string of the molecule is CC(CN)CCC(=O)N(C)CCCc1ccccc1. The van der Waals surface area contributed by atoms with Gasteiger partial charge in [0, 0.05) is 20.0 Å². The monoisotopic (exact) mass is 262 g/mol. The molecule has 0 radical (unpaired) electrons. The molecule has 0 saturated heterocycles. The van der Waals surface area contributed by atoms with Crippen molar-refractivity contribution in [3.63, 3.8) is 0 Å². The van der Waals surface area contributed by atoms with Crippen molar-refractivity contribution in [2.45, 2.75) is 32.6 Å². The molecular weight excluding hydrogens is 236 g/mol. The van der Waals surface area contributed by atoms with E-state index in [1.54, 1.807) is 0 Å². The summed E-state index contributed by atoms with van der Waals surface area (Å²) in [6.45, 7) is 3.57. The number of aryl methyl sites for hydroxylation is 1. The summed E-state index contributed by atoms with van der Waals surface area (Å²) in [5.41, 5.74) is 6.89. The van der Waals surface area contributed by atoms with Crippen LogP contribution in [0.3, 0.4) is 0 Å². The molecule has 0 heterocycles. The van der Waals surface area contributed by atoms with Gasteiger partial charge in [0.25, 0.3) is 0 Å². The highest BCUT2D eigenvalue weighted by Crippen LogP contribution is 2.07. The lowest BCUT2D eigenvalue weighted by Gasteiger charge is -2.18. The summed E-state index contributed by atoms with van der Waals surface area (Å²) in [4.78, 5) is 13.7. The molecule has 1 rings (SSSR count). The van der Waals surface area contributed by atoms with E-state index in [0.717, 1.165) is 25.8 Å². The van der Waals surface area contributed by atoms with Gasteiger partial charge in [-0.1, -0.05) is 37.3 Å².